The molecule has 0 unspecified atom stereocenters. The number of nitrogens with zero attached hydrogens (tertiary/aromatic N) is 4. The van der Waals surface area contributed by atoms with E-state index < -0.39 is 0 Å². The molecule has 0 aromatic carbocycles. The molecule has 0 saturated heterocycles. The molecule has 2 aromatic heterocycles. The summed E-state index contributed by atoms with van der Waals surface area (Å²) >= 11 is 1.60. The van der Waals surface area contributed by atoms with Gasteiger partial charge in [0.1, 0.15) is 5.69 Å². The van der Waals surface area contributed by atoms with E-state index in [1.165, 1.54) is 0 Å². The molecule has 2 heterocycles. The molecule has 2 rings (SSSR count). The number of aromatic nitrogens is 3. The molecule has 0 spiro atoms. The number of hydrogen-bond acceptors (Lipinski definition) is 4. The summed E-state index contributed by atoms with van der Waals surface area (Å²) in [5.74, 6) is -0.0360. The van der Waals surface area contributed by atoms with E-state index in [9.17, 15) is 4.79 Å². The summed E-state index contributed by atoms with van der Waals surface area (Å²) in [5.41, 5.74) is 2.38. The normalized spacial score (nSPS) is 11.7. The third kappa shape index (κ3) is 3.50. The molecule has 0 fully saturated rings. The van der Waals surface area contributed by atoms with Gasteiger partial charge >= 0.3 is 0 Å². The third-order valence-electron chi connectivity index (χ3n) is 3.28. The van der Waals surface area contributed by atoms with Crippen molar-refractivity contribution >= 4 is 17.2 Å². The third-order valence-corrected chi connectivity index (χ3v) is 4.10. The summed E-state index contributed by atoms with van der Waals surface area (Å²) in [6.45, 7) is 8.74. The van der Waals surface area contributed by atoms with Crippen molar-refractivity contribution in [3.05, 3.63) is 33.5 Å². The molecule has 0 saturated carbocycles. The first-order valence-electron chi connectivity index (χ1n) is 6.89. The van der Waals surface area contributed by atoms with Crippen LogP contribution in [0, 0.1) is 6.92 Å². The monoisotopic (exact) mass is 306 g/mol. The van der Waals surface area contributed by atoms with Gasteiger partial charge in [-0.3, -0.25) is 9.48 Å². The van der Waals surface area contributed by atoms with E-state index in [1.54, 1.807) is 28.0 Å². The van der Waals surface area contributed by atoms with Crippen LogP contribution in [0.1, 0.15) is 47.7 Å². The highest BCUT2D eigenvalue weighted by molar-refractivity contribution is 7.09. The van der Waals surface area contributed by atoms with Crippen LogP contribution < -0.4 is 0 Å². The minimum Gasteiger partial charge on any atom is -0.334 e. The molecule has 5 nitrogen and oxygen atoms in total. The van der Waals surface area contributed by atoms with Gasteiger partial charge in [-0.2, -0.15) is 5.10 Å². The second-order valence-electron chi connectivity index (χ2n) is 6.31. The molecule has 6 heteroatoms. The van der Waals surface area contributed by atoms with E-state index in [-0.39, 0.29) is 11.3 Å². The van der Waals surface area contributed by atoms with Gasteiger partial charge in [-0.1, -0.05) is 20.8 Å². The Balaban J connectivity index is 2.17. The maximum Gasteiger partial charge on any atom is 0.272 e. The lowest BCUT2D eigenvalue weighted by Crippen LogP contribution is -2.28. The number of hydrogen-bond donors (Lipinski definition) is 0. The lowest BCUT2D eigenvalue weighted by Gasteiger charge is -2.15. The number of aryl methyl sites for hydroxylation is 2. The fraction of sp³-hybridized carbons (Fsp3) is 0.533. The Hall–Kier alpha value is -1.69. The van der Waals surface area contributed by atoms with Crippen molar-refractivity contribution in [3.8, 4) is 0 Å². The first kappa shape index (κ1) is 15.7. The Bertz CT molecular complexity index is 651. The Kier molecular flexibility index (Phi) is 4.18. The lowest BCUT2D eigenvalue weighted by molar-refractivity contribution is 0.0772. The molecule has 21 heavy (non-hydrogen) atoms. The minimum absolute atomic E-state index is 0.0360. The van der Waals surface area contributed by atoms with Crippen molar-refractivity contribution in [2.24, 2.45) is 7.05 Å². The maximum absolute atomic E-state index is 12.6. The van der Waals surface area contributed by atoms with Crippen molar-refractivity contribution in [1.82, 2.24) is 19.7 Å². The second-order valence-corrected chi connectivity index (χ2v) is 7.37. The number of amides is 1. The van der Waals surface area contributed by atoms with Crippen molar-refractivity contribution < 1.29 is 4.79 Å². The van der Waals surface area contributed by atoms with E-state index in [0.29, 0.717) is 12.2 Å². The smallest absolute Gasteiger partial charge is 0.272 e. The molecular formula is C15H22N4OS. The Morgan fingerprint density at radius 2 is 2.10 bits per heavy atom. The van der Waals surface area contributed by atoms with Gasteiger partial charge in [0.2, 0.25) is 0 Å². The van der Waals surface area contributed by atoms with Gasteiger partial charge in [-0.05, 0) is 13.0 Å². The largest absolute Gasteiger partial charge is 0.334 e. The first-order chi connectivity index (χ1) is 9.68. The number of thiazole rings is 1. The quantitative estimate of drug-likeness (QED) is 0.876. The van der Waals surface area contributed by atoms with E-state index in [4.69, 9.17) is 0 Å². The zero-order valence-electron chi connectivity index (χ0n) is 13.5. The number of carbonyl (C=O) groups is 1. The summed E-state index contributed by atoms with van der Waals surface area (Å²) in [4.78, 5) is 18.6. The van der Waals surface area contributed by atoms with Crippen LogP contribution in [0.2, 0.25) is 0 Å². The Morgan fingerprint density at radius 3 is 2.57 bits per heavy atom. The standard InChI is InChI=1S/C15H22N4OS/c1-10-16-11(9-21-10)8-18(5)14(20)12-7-13(15(2,3)4)17-19(12)6/h7,9H,8H2,1-6H3. The minimum atomic E-state index is -0.0686. The summed E-state index contributed by atoms with van der Waals surface area (Å²) in [6, 6.07) is 1.88. The number of carbonyl (C=O) groups excluding carboxylic acids is 1. The van der Waals surface area contributed by atoms with Crippen molar-refractivity contribution in [2.45, 2.75) is 39.7 Å². The van der Waals surface area contributed by atoms with Crippen molar-refractivity contribution in [2.75, 3.05) is 7.05 Å². The van der Waals surface area contributed by atoms with Gasteiger partial charge in [0.05, 0.1) is 22.9 Å². The predicted molar refractivity (Wildman–Crippen MR) is 84.6 cm³/mol. The van der Waals surface area contributed by atoms with E-state index in [1.807, 2.05) is 25.4 Å². The van der Waals surface area contributed by atoms with Gasteiger partial charge in [0.15, 0.2) is 0 Å². The highest BCUT2D eigenvalue weighted by Gasteiger charge is 2.23. The summed E-state index contributed by atoms with van der Waals surface area (Å²) in [7, 11) is 3.60. The zero-order chi connectivity index (χ0) is 15.8. The first-order valence-corrected chi connectivity index (χ1v) is 7.77. The molecule has 2 aromatic rings. The average Bonchev–Trinajstić information content (AvgIpc) is 2.94. The lowest BCUT2D eigenvalue weighted by atomic mass is 9.92. The predicted octanol–water partition coefficient (Wildman–Crippen LogP) is 2.75. The molecular weight excluding hydrogens is 284 g/mol. The highest BCUT2D eigenvalue weighted by Crippen LogP contribution is 2.22. The average molecular weight is 306 g/mol. The molecule has 0 N–H and O–H groups in total. The van der Waals surface area contributed by atoms with E-state index >= 15 is 0 Å². The highest BCUT2D eigenvalue weighted by atomic mass is 32.1. The van der Waals surface area contributed by atoms with Crippen molar-refractivity contribution in [3.63, 3.8) is 0 Å². The van der Waals surface area contributed by atoms with E-state index in [0.717, 1.165) is 16.4 Å². The van der Waals surface area contributed by atoms with Gasteiger partial charge in [-0.15, -0.1) is 11.3 Å². The van der Waals surface area contributed by atoms with Crippen LogP contribution in [-0.2, 0) is 19.0 Å². The van der Waals surface area contributed by atoms with Crippen LogP contribution in [-0.4, -0.2) is 32.6 Å². The van der Waals surface area contributed by atoms with Crippen LogP contribution in [0.4, 0.5) is 0 Å². The van der Waals surface area contributed by atoms with Gasteiger partial charge in [0, 0.05) is 24.9 Å². The van der Waals surface area contributed by atoms with Crippen LogP contribution >= 0.6 is 11.3 Å². The topological polar surface area (TPSA) is 51.0 Å². The second kappa shape index (κ2) is 5.60. The van der Waals surface area contributed by atoms with Crippen LogP contribution in [0.25, 0.3) is 0 Å². The molecule has 0 bridgehead atoms. The molecule has 0 aliphatic heterocycles. The molecule has 1 amide bonds. The summed E-state index contributed by atoms with van der Waals surface area (Å²) < 4.78 is 1.66. The Morgan fingerprint density at radius 1 is 1.43 bits per heavy atom. The zero-order valence-corrected chi connectivity index (χ0v) is 14.3. The fourth-order valence-electron chi connectivity index (χ4n) is 2.03. The maximum atomic E-state index is 12.6. The van der Waals surface area contributed by atoms with Crippen molar-refractivity contribution in [1.29, 1.82) is 0 Å². The van der Waals surface area contributed by atoms with Gasteiger partial charge in [-0.25, -0.2) is 4.98 Å². The molecule has 114 valence electrons. The fourth-order valence-corrected chi connectivity index (χ4v) is 2.63. The molecule has 0 atom stereocenters. The molecule has 0 aliphatic carbocycles. The van der Waals surface area contributed by atoms with Crippen LogP contribution in [0.15, 0.2) is 11.4 Å². The van der Waals surface area contributed by atoms with Crippen LogP contribution in [0.3, 0.4) is 0 Å². The van der Waals surface area contributed by atoms with Gasteiger partial charge in [0.25, 0.3) is 5.91 Å². The summed E-state index contributed by atoms with van der Waals surface area (Å²) in [5, 5.41) is 7.46. The SMILES string of the molecule is Cc1nc(CN(C)C(=O)c2cc(C(C)(C)C)nn2C)cs1. The molecule has 0 aliphatic rings. The van der Waals surface area contributed by atoms with Crippen LogP contribution in [0.5, 0.6) is 0 Å². The summed E-state index contributed by atoms with van der Waals surface area (Å²) in [6.07, 6.45) is 0. The van der Waals surface area contributed by atoms with E-state index in [2.05, 4.69) is 30.9 Å². The number of rotatable bonds is 3. The Labute approximate surface area is 129 Å². The van der Waals surface area contributed by atoms with Gasteiger partial charge < -0.3 is 4.90 Å². The molecule has 0 radical (unpaired) electrons.